The van der Waals surface area contributed by atoms with Crippen molar-refractivity contribution in [3.8, 4) is 11.5 Å². The predicted molar refractivity (Wildman–Crippen MR) is 95.4 cm³/mol. The van der Waals surface area contributed by atoms with Crippen LogP contribution < -0.4 is 14.8 Å². The van der Waals surface area contributed by atoms with E-state index in [1.165, 1.54) is 20.3 Å². The van der Waals surface area contributed by atoms with Gasteiger partial charge in [0.1, 0.15) is 0 Å². The first-order valence-corrected chi connectivity index (χ1v) is 8.62. The molecule has 26 heavy (non-hydrogen) atoms. The summed E-state index contributed by atoms with van der Waals surface area (Å²) < 4.78 is 49.4. The maximum absolute atomic E-state index is 13.0. The highest BCUT2D eigenvalue weighted by molar-refractivity contribution is 8.00. The second kappa shape index (κ2) is 8.55. The van der Waals surface area contributed by atoms with Crippen LogP contribution in [-0.2, 0) is 11.0 Å². The number of benzene rings is 2. The minimum Gasteiger partial charge on any atom is -0.493 e. The van der Waals surface area contributed by atoms with Crippen LogP contribution in [0, 0.1) is 0 Å². The number of amides is 1. The lowest BCUT2D eigenvalue weighted by atomic mass is 10.1. The molecule has 140 valence electrons. The zero-order valence-corrected chi connectivity index (χ0v) is 15.4. The second-order valence-electron chi connectivity index (χ2n) is 5.04. The van der Waals surface area contributed by atoms with Gasteiger partial charge in [0.2, 0.25) is 5.91 Å². The van der Waals surface area contributed by atoms with E-state index in [1.807, 2.05) is 0 Å². The molecule has 1 amide bonds. The molecule has 0 aliphatic rings. The minimum atomic E-state index is -4.62. The van der Waals surface area contributed by atoms with Crippen molar-refractivity contribution in [2.24, 2.45) is 0 Å². The van der Waals surface area contributed by atoms with Crippen molar-refractivity contribution in [3.05, 3.63) is 47.0 Å². The maximum Gasteiger partial charge on any atom is 0.418 e. The van der Waals surface area contributed by atoms with E-state index in [1.54, 1.807) is 18.2 Å². The van der Waals surface area contributed by atoms with Crippen molar-refractivity contribution < 1.29 is 27.4 Å². The Balaban J connectivity index is 2.06. The molecule has 0 radical (unpaired) electrons. The zero-order valence-electron chi connectivity index (χ0n) is 13.8. The molecule has 0 fully saturated rings. The van der Waals surface area contributed by atoms with Crippen molar-refractivity contribution in [2.75, 3.05) is 25.3 Å². The number of hydrogen-bond acceptors (Lipinski definition) is 4. The maximum atomic E-state index is 13.0. The van der Waals surface area contributed by atoms with Gasteiger partial charge >= 0.3 is 6.18 Å². The van der Waals surface area contributed by atoms with Crippen molar-refractivity contribution in [1.82, 2.24) is 0 Å². The quantitative estimate of drug-likeness (QED) is 0.679. The largest absolute Gasteiger partial charge is 0.493 e. The van der Waals surface area contributed by atoms with Crippen LogP contribution in [0.1, 0.15) is 5.56 Å². The molecule has 2 rings (SSSR count). The van der Waals surface area contributed by atoms with Gasteiger partial charge in [0.05, 0.1) is 31.2 Å². The lowest BCUT2D eigenvalue weighted by molar-refractivity contribution is -0.137. The molecular weight excluding hydrogens is 391 g/mol. The number of anilines is 1. The lowest BCUT2D eigenvalue weighted by Gasteiger charge is -2.14. The number of alkyl halides is 3. The fourth-order valence-electron chi connectivity index (χ4n) is 2.10. The number of rotatable bonds is 6. The number of nitrogens with one attached hydrogen (secondary N) is 1. The summed E-state index contributed by atoms with van der Waals surface area (Å²) in [6.07, 6.45) is -4.62. The first-order chi connectivity index (χ1) is 12.2. The Morgan fingerprint density at radius 1 is 1.12 bits per heavy atom. The molecule has 4 nitrogen and oxygen atoms in total. The number of ether oxygens (including phenoxy) is 2. The summed E-state index contributed by atoms with van der Waals surface area (Å²) in [5, 5.41) is 2.21. The summed E-state index contributed by atoms with van der Waals surface area (Å²) in [5.41, 5.74) is -1.32. The van der Waals surface area contributed by atoms with E-state index in [-0.39, 0.29) is 16.5 Å². The lowest BCUT2D eigenvalue weighted by Crippen LogP contribution is -2.18. The third-order valence-corrected chi connectivity index (χ3v) is 4.51. The highest BCUT2D eigenvalue weighted by Crippen LogP contribution is 2.37. The highest BCUT2D eigenvalue weighted by atomic mass is 35.5. The first kappa shape index (κ1) is 20.3. The smallest absolute Gasteiger partial charge is 0.418 e. The molecular formula is C17H15ClF3NO3S. The molecule has 2 aromatic carbocycles. The first-order valence-electron chi connectivity index (χ1n) is 7.26. The predicted octanol–water partition coefficient (Wildman–Crippen LogP) is 5.11. The average molecular weight is 406 g/mol. The van der Waals surface area contributed by atoms with E-state index in [2.05, 4.69) is 5.32 Å². The van der Waals surface area contributed by atoms with Gasteiger partial charge in [0, 0.05) is 9.92 Å². The second-order valence-corrected chi connectivity index (χ2v) is 6.53. The molecule has 0 bridgehead atoms. The van der Waals surface area contributed by atoms with Gasteiger partial charge in [-0.15, -0.1) is 11.8 Å². The molecule has 0 aliphatic carbocycles. The minimum absolute atomic E-state index is 0.0602. The Labute approximate surface area is 157 Å². The van der Waals surface area contributed by atoms with Gasteiger partial charge in [-0.2, -0.15) is 13.2 Å². The summed E-state index contributed by atoms with van der Waals surface area (Å²) in [5.74, 6) is 0.389. The molecule has 9 heteroatoms. The molecule has 0 saturated carbocycles. The molecule has 0 atom stereocenters. The fourth-order valence-corrected chi connectivity index (χ4v) is 3.00. The molecule has 0 saturated heterocycles. The number of halogens is 4. The monoisotopic (exact) mass is 405 g/mol. The van der Waals surface area contributed by atoms with Gasteiger partial charge in [-0.05, 0) is 36.4 Å². The third kappa shape index (κ3) is 5.22. The van der Waals surface area contributed by atoms with Crippen molar-refractivity contribution in [2.45, 2.75) is 11.1 Å². The summed E-state index contributed by atoms with van der Waals surface area (Å²) >= 11 is 6.77. The van der Waals surface area contributed by atoms with E-state index in [0.717, 1.165) is 23.9 Å². The van der Waals surface area contributed by atoms with Gasteiger partial charge in [-0.3, -0.25) is 4.79 Å². The Morgan fingerprint density at radius 2 is 1.81 bits per heavy atom. The van der Waals surface area contributed by atoms with E-state index < -0.39 is 17.6 Å². The molecule has 1 N–H and O–H groups in total. The Kier molecular flexibility index (Phi) is 6.66. The van der Waals surface area contributed by atoms with Gasteiger partial charge < -0.3 is 14.8 Å². The third-order valence-electron chi connectivity index (χ3n) is 3.29. The number of thioether (sulfide) groups is 1. The number of hydrogen-bond donors (Lipinski definition) is 1. The number of carbonyl (C=O) groups is 1. The van der Waals surface area contributed by atoms with Gasteiger partial charge in [0.25, 0.3) is 0 Å². The van der Waals surface area contributed by atoms with Crippen LogP contribution in [0.3, 0.4) is 0 Å². The molecule has 0 heterocycles. The van der Waals surface area contributed by atoms with Gasteiger partial charge in [-0.1, -0.05) is 11.6 Å². The van der Waals surface area contributed by atoms with Crippen LogP contribution in [0.5, 0.6) is 11.5 Å². The molecule has 0 aromatic heterocycles. The standard InChI is InChI=1S/C17H15ClF3NO3S/c1-24-14-6-4-11(8-15(14)25-2)26-9-16(23)22-13-5-3-10(18)7-12(13)17(19,20)21/h3-8H,9H2,1-2H3,(H,22,23). The van der Waals surface area contributed by atoms with E-state index >= 15 is 0 Å². The van der Waals surface area contributed by atoms with E-state index in [9.17, 15) is 18.0 Å². The summed E-state index contributed by atoms with van der Waals surface area (Å²) in [7, 11) is 2.99. The van der Waals surface area contributed by atoms with E-state index in [0.29, 0.717) is 16.4 Å². The molecule has 0 unspecified atom stereocenters. The van der Waals surface area contributed by atoms with Crippen molar-refractivity contribution in [1.29, 1.82) is 0 Å². The molecule has 2 aromatic rings. The van der Waals surface area contributed by atoms with Gasteiger partial charge in [-0.25, -0.2) is 0 Å². The van der Waals surface area contributed by atoms with Crippen molar-refractivity contribution in [3.63, 3.8) is 0 Å². The van der Waals surface area contributed by atoms with Crippen molar-refractivity contribution >= 4 is 35.0 Å². The Hall–Kier alpha value is -2.06. The fraction of sp³-hybridized carbons (Fsp3) is 0.235. The Bertz CT molecular complexity index is 799. The van der Waals surface area contributed by atoms with Gasteiger partial charge in [0.15, 0.2) is 11.5 Å². The van der Waals surface area contributed by atoms with E-state index in [4.69, 9.17) is 21.1 Å². The number of carbonyl (C=O) groups excluding carboxylic acids is 1. The Morgan fingerprint density at radius 3 is 2.42 bits per heavy atom. The zero-order chi connectivity index (χ0) is 19.3. The van der Waals surface area contributed by atoms with Crippen LogP contribution in [0.4, 0.5) is 18.9 Å². The normalized spacial score (nSPS) is 11.2. The summed E-state index contributed by atoms with van der Waals surface area (Å²) in [6.45, 7) is 0. The molecule has 0 spiro atoms. The average Bonchev–Trinajstić information content (AvgIpc) is 2.60. The van der Waals surface area contributed by atoms with Crippen LogP contribution in [-0.4, -0.2) is 25.9 Å². The van der Waals surface area contributed by atoms with Crippen LogP contribution in [0.15, 0.2) is 41.3 Å². The van der Waals surface area contributed by atoms with Crippen LogP contribution in [0.2, 0.25) is 5.02 Å². The van der Waals surface area contributed by atoms with Crippen LogP contribution in [0.25, 0.3) is 0 Å². The summed E-state index contributed by atoms with van der Waals surface area (Å²) in [6, 6.07) is 8.28. The summed E-state index contributed by atoms with van der Waals surface area (Å²) in [4.78, 5) is 12.8. The topological polar surface area (TPSA) is 47.6 Å². The van der Waals surface area contributed by atoms with Crippen LogP contribution >= 0.6 is 23.4 Å². The molecule has 0 aliphatic heterocycles. The SMILES string of the molecule is COc1ccc(SCC(=O)Nc2ccc(Cl)cc2C(F)(F)F)cc1OC. The highest BCUT2D eigenvalue weighted by Gasteiger charge is 2.34. The number of methoxy groups -OCH3 is 2.